The van der Waals surface area contributed by atoms with Gasteiger partial charge in [0.1, 0.15) is 17.5 Å². The van der Waals surface area contributed by atoms with Crippen LogP contribution in [0.2, 0.25) is 5.02 Å². The van der Waals surface area contributed by atoms with Gasteiger partial charge in [-0.2, -0.15) is 9.97 Å². The standard InChI is InChI=1S/C30H35ClN8O11/c31-15-9-13(3-1-12(15)2-4-14-11-36-25-21(14)24(34)38-29(35)39-25)26(46)37-18(6-8-20(42)43)23(45)30(28(49)50,10-17(33)27(47)48)22(44)16(32)5-7-19(40)41/h1,3,9,11,16-18H,2,4-8,10,32-33H2,(H,37,46)(H,40,41)(H,42,43)(H,47,48)(H,49,50)(H5,34,35,36,38,39)/t16-,17-,18-,30?/m0/s1. The lowest BCUT2D eigenvalue weighted by Crippen LogP contribution is -2.61. The second kappa shape index (κ2) is 16.2. The van der Waals surface area contributed by atoms with Crippen molar-refractivity contribution in [3.05, 3.63) is 46.1 Å². The first-order chi connectivity index (χ1) is 23.4. The molecule has 4 atom stereocenters. The second-order valence-electron chi connectivity index (χ2n) is 11.4. The van der Waals surface area contributed by atoms with E-state index in [2.05, 4.69) is 20.3 Å². The van der Waals surface area contributed by atoms with Crippen LogP contribution in [0.25, 0.3) is 11.0 Å². The fraction of sp³-hybridized carbons (Fsp3) is 0.367. The van der Waals surface area contributed by atoms with Gasteiger partial charge in [-0.3, -0.25) is 33.6 Å². The molecule has 0 bridgehead atoms. The molecule has 0 spiro atoms. The molecule has 0 aliphatic heterocycles. The van der Waals surface area contributed by atoms with Crippen LogP contribution in [0.3, 0.4) is 0 Å². The van der Waals surface area contributed by atoms with Gasteiger partial charge in [0.05, 0.1) is 17.5 Å². The van der Waals surface area contributed by atoms with Crippen molar-refractivity contribution in [3.8, 4) is 0 Å². The number of nitrogens with two attached hydrogens (primary N) is 4. The molecule has 0 aliphatic carbocycles. The number of fused-ring (bicyclic) bond motifs is 1. The third-order valence-corrected chi connectivity index (χ3v) is 8.31. The molecule has 1 aromatic carbocycles. The monoisotopic (exact) mass is 718 g/mol. The van der Waals surface area contributed by atoms with E-state index in [9.17, 15) is 48.9 Å². The number of halogens is 1. The predicted molar refractivity (Wildman–Crippen MR) is 175 cm³/mol. The summed E-state index contributed by atoms with van der Waals surface area (Å²) in [6.45, 7) is 0. The van der Waals surface area contributed by atoms with Gasteiger partial charge in [0, 0.05) is 36.0 Å². The van der Waals surface area contributed by atoms with Crippen molar-refractivity contribution in [2.24, 2.45) is 16.9 Å². The van der Waals surface area contributed by atoms with E-state index < -0.39 is 97.0 Å². The SMILES string of the molecule is Nc1nc(N)c2c(CCc3ccc(C(=O)N[C@@H](CCC(=O)O)C(=O)C(C[C@H](N)C(=O)O)(C(=O)O)C(=O)[C@@H](N)CCC(=O)O)cc3Cl)c[nH]c2n1. The first-order valence-corrected chi connectivity index (χ1v) is 15.2. The Hall–Kier alpha value is -5.66. The van der Waals surface area contributed by atoms with Crippen LogP contribution in [0.15, 0.2) is 24.4 Å². The molecule has 1 amide bonds. The molecular weight excluding hydrogens is 684 g/mol. The zero-order valence-electron chi connectivity index (χ0n) is 26.2. The van der Waals surface area contributed by atoms with Crippen molar-refractivity contribution >= 4 is 75.8 Å². The quantitative estimate of drug-likeness (QED) is 0.0712. The topological polar surface area (TPSA) is 358 Å². The highest BCUT2D eigenvalue weighted by Gasteiger charge is 2.57. The summed E-state index contributed by atoms with van der Waals surface area (Å²) in [6.07, 6.45) is -1.76. The molecule has 0 aliphatic rings. The van der Waals surface area contributed by atoms with Crippen LogP contribution in [0.1, 0.15) is 53.6 Å². The number of aliphatic carboxylic acids is 4. The van der Waals surface area contributed by atoms with E-state index in [1.54, 1.807) is 6.20 Å². The summed E-state index contributed by atoms with van der Waals surface area (Å²) in [7, 11) is 0. The average molecular weight is 719 g/mol. The Morgan fingerprint density at radius 1 is 0.860 bits per heavy atom. The summed E-state index contributed by atoms with van der Waals surface area (Å²) in [4.78, 5) is 98.7. The Bertz CT molecular complexity index is 1850. The van der Waals surface area contributed by atoms with Crippen molar-refractivity contribution in [2.45, 2.75) is 63.1 Å². The molecule has 0 saturated heterocycles. The number of aryl methyl sites for hydroxylation is 2. The average Bonchev–Trinajstić information content (AvgIpc) is 3.45. The van der Waals surface area contributed by atoms with Crippen LogP contribution >= 0.6 is 11.6 Å². The maximum absolute atomic E-state index is 14.0. The number of benzene rings is 1. The molecule has 2 aromatic heterocycles. The van der Waals surface area contributed by atoms with Crippen molar-refractivity contribution in [1.82, 2.24) is 20.3 Å². The Kier molecular flexibility index (Phi) is 12.5. The third-order valence-electron chi connectivity index (χ3n) is 7.96. The van der Waals surface area contributed by atoms with Gasteiger partial charge in [-0.25, -0.2) is 0 Å². The van der Waals surface area contributed by atoms with Crippen molar-refractivity contribution in [1.29, 1.82) is 0 Å². The summed E-state index contributed by atoms with van der Waals surface area (Å²) in [5, 5.41) is 40.9. The minimum Gasteiger partial charge on any atom is -0.481 e. The molecule has 19 nitrogen and oxygen atoms in total. The summed E-state index contributed by atoms with van der Waals surface area (Å²) in [6, 6.07) is -1.90. The maximum Gasteiger partial charge on any atom is 0.325 e. The van der Waals surface area contributed by atoms with Crippen molar-refractivity contribution in [3.63, 3.8) is 0 Å². The van der Waals surface area contributed by atoms with E-state index in [4.69, 9.17) is 39.6 Å². The number of hydrogen-bond acceptors (Lipinski definition) is 13. The van der Waals surface area contributed by atoms with E-state index in [-0.39, 0.29) is 22.4 Å². The van der Waals surface area contributed by atoms with Crippen LogP contribution < -0.4 is 28.3 Å². The van der Waals surface area contributed by atoms with E-state index in [1.807, 2.05) is 0 Å². The first-order valence-electron chi connectivity index (χ1n) is 14.9. The lowest BCUT2D eigenvalue weighted by molar-refractivity contribution is -0.162. The molecule has 50 heavy (non-hydrogen) atoms. The Morgan fingerprint density at radius 3 is 2.06 bits per heavy atom. The number of Topliss-reactive ketones (excluding diaryl/α,β-unsaturated/α-hetero) is 2. The molecule has 0 fully saturated rings. The zero-order chi connectivity index (χ0) is 37.5. The zero-order valence-corrected chi connectivity index (χ0v) is 27.0. The number of carboxylic acids is 4. The fourth-order valence-electron chi connectivity index (χ4n) is 5.34. The van der Waals surface area contributed by atoms with E-state index in [0.29, 0.717) is 29.4 Å². The second-order valence-corrected chi connectivity index (χ2v) is 11.8. The minimum absolute atomic E-state index is 0.00407. The highest BCUT2D eigenvalue weighted by Crippen LogP contribution is 2.32. The number of nitrogens with one attached hydrogen (secondary N) is 2. The molecule has 1 unspecified atom stereocenters. The predicted octanol–water partition coefficient (Wildman–Crippen LogP) is -0.273. The number of nitrogens with zero attached hydrogens (tertiary/aromatic N) is 2. The number of aromatic nitrogens is 3. The number of H-pyrrole nitrogens is 1. The van der Waals surface area contributed by atoms with Crippen molar-refractivity contribution in [2.75, 3.05) is 11.5 Å². The number of carboxylic acid groups (broad SMARTS) is 4. The fourth-order valence-corrected chi connectivity index (χ4v) is 5.62. The number of aromatic amines is 1. The van der Waals surface area contributed by atoms with Crippen LogP contribution in [-0.4, -0.2) is 94.9 Å². The van der Waals surface area contributed by atoms with E-state index >= 15 is 0 Å². The van der Waals surface area contributed by atoms with Gasteiger partial charge in [0.2, 0.25) is 5.95 Å². The molecule has 3 aromatic rings. The van der Waals surface area contributed by atoms with Crippen LogP contribution in [0, 0.1) is 5.41 Å². The largest absolute Gasteiger partial charge is 0.481 e. The highest BCUT2D eigenvalue weighted by atomic mass is 35.5. The van der Waals surface area contributed by atoms with Crippen LogP contribution in [-0.2, 0) is 41.6 Å². The van der Waals surface area contributed by atoms with Gasteiger partial charge in [0.15, 0.2) is 17.0 Å². The summed E-state index contributed by atoms with van der Waals surface area (Å²) < 4.78 is 0. The van der Waals surface area contributed by atoms with Gasteiger partial charge in [-0.05, 0) is 48.9 Å². The molecular formula is C30H35ClN8O11. The minimum atomic E-state index is -3.31. The number of carbonyl (C=O) groups is 7. The molecule has 0 radical (unpaired) electrons. The highest BCUT2D eigenvalue weighted by molar-refractivity contribution is 6.31. The molecule has 3 rings (SSSR count). The number of nitrogen functional groups attached to an aromatic ring is 2. The Balaban J connectivity index is 1.93. The summed E-state index contributed by atoms with van der Waals surface area (Å²) in [5.74, 6) is -10.8. The van der Waals surface area contributed by atoms with Gasteiger partial charge < -0.3 is 53.7 Å². The number of amides is 1. The lowest BCUT2D eigenvalue weighted by atomic mass is 9.69. The smallest absolute Gasteiger partial charge is 0.325 e. The number of carbonyl (C=O) groups excluding carboxylic acids is 3. The number of rotatable bonds is 19. The van der Waals surface area contributed by atoms with E-state index in [0.717, 1.165) is 5.56 Å². The number of ketones is 2. The van der Waals surface area contributed by atoms with Gasteiger partial charge in [-0.1, -0.05) is 17.7 Å². The van der Waals surface area contributed by atoms with Crippen LogP contribution in [0.5, 0.6) is 0 Å². The van der Waals surface area contributed by atoms with Gasteiger partial charge in [-0.15, -0.1) is 0 Å². The molecule has 268 valence electrons. The first kappa shape index (κ1) is 38.8. The molecule has 2 heterocycles. The third kappa shape index (κ3) is 8.87. The summed E-state index contributed by atoms with van der Waals surface area (Å²) >= 11 is 6.47. The number of anilines is 2. The molecule has 0 saturated carbocycles. The normalized spacial score (nSPS) is 14.2. The van der Waals surface area contributed by atoms with Crippen molar-refractivity contribution < 1.29 is 54.0 Å². The van der Waals surface area contributed by atoms with Gasteiger partial charge >= 0.3 is 23.9 Å². The summed E-state index contributed by atoms with van der Waals surface area (Å²) in [5.41, 5.74) is 21.3. The van der Waals surface area contributed by atoms with Gasteiger partial charge in [0.25, 0.3) is 5.91 Å². The van der Waals surface area contributed by atoms with E-state index in [1.165, 1.54) is 18.2 Å². The van der Waals surface area contributed by atoms with Crippen LogP contribution in [0.4, 0.5) is 11.8 Å². The lowest BCUT2D eigenvalue weighted by Gasteiger charge is -2.33. The Labute approximate surface area is 287 Å². The maximum atomic E-state index is 14.0. The number of hydrogen-bond donors (Lipinski definition) is 10. The molecule has 20 heteroatoms. The molecule has 14 N–H and O–H groups in total. The Morgan fingerprint density at radius 2 is 1.48 bits per heavy atom.